The standard InChI is InChI=1S/C14H17N5O2/c15-12-4-2-1-3-10(12)5-6-14(21)18-11-7-17-19(8-11)9-13(16)20/h1-4,7-8H,5-6,9,15H2,(H2,16,20)(H,18,21). The highest BCUT2D eigenvalue weighted by molar-refractivity contribution is 5.90. The maximum atomic E-state index is 11.8. The highest BCUT2D eigenvalue weighted by Crippen LogP contribution is 2.13. The molecule has 0 saturated heterocycles. The van der Waals surface area contributed by atoms with Gasteiger partial charge in [-0.2, -0.15) is 5.10 Å². The maximum Gasteiger partial charge on any atom is 0.239 e. The number of carbonyl (C=O) groups is 2. The fraction of sp³-hybridized carbons (Fsp3) is 0.214. The summed E-state index contributed by atoms with van der Waals surface area (Å²) in [7, 11) is 0. The monoisotopic (exact) mass is 287 g/mol. The highest BCUT2D eigenvalue weighted by Gasteiger charge is 2.07. The molecule has 0 radical (unpaired) electrons. The number of primary amides is 1. The molecule has 2 amide bonds. The lowest BCUT2D eigenvalue weighted by molar-refractivity contribution is -0.118. The van der Waals surface area contributed by atoms with E-state index in [4.69, 9.17) is 11.5 Å². The molecule has 0 fully saturated rings. The van der Waals surface area contributed by atoms with Crippen LogP contribution in [-0.2, 0) is 22.6 Å². The molecule has 1 heterocycles. The van der Waals surface area contributed by atoms with Gasteiger partial charge in [0.25, 0.3) is 0 Å². The van der Waals surface area contributed by atoms with Gasteiger partial charge in [-0.1, -0.05) is 18.2 Å². The number of hydrogen-bond acceptors (Lipinski definition) is 4. The molecule has 0 atom stereocenters. The first-order chi connectivity index (χ1) is 10.0. The lowest BCUT2D eigenvalue weighted by atomic mass is 10.1. The van der Waals surface area contributed by atoms with Crippen LogP contribution in [0.25, 0.3) is 0 Å². The van der Waals surface area contributed by atoms with Crippen LogP contribution in [0.4, 0.5) is 11.4 Å². The number of aromatic nitrogens is 2. The SMILES string of the molecule is NC(=O)Cn1cc(NC(=O)CCc2ccccc2N)cn1. The molecular formula is C14H17N5O2. The number of benzene rings is 1. The van der Waals surface area contributed by atoms with Crippen LogP contribution >= 0.6 is 0 Å². The average molecular weight is 287 g/mol. The minimum atomic E-state index is -0.490. The summed E-state index contributed by atoms with van der Waals surface area (Å²) in [6.45, 7) is -0.0174. The van der Waals surface area contributed by atoms with Crippen molar-refractivity contribution in [3.8, 4) is 0 Å². The summed E-state index contributed by atoms with van der Waals surface area (Å²) in [5, 5.41) is 6.63. The molecule has 7 heteroatoms. The van der Waals surface area contributed by atoms with E-state index >= 15 is 0 Å². The second-order valence-electron chi connectivity index (χ2n) is 4.64. The summed E-state index contributed by atoms with van der Waals surface area (Å²) >= 11 is 0. The van der Waals surface area contributed by atoms with E-state index < -0.39 is 5.91 Å². The number of hydrogen-bond donors (Lipinski definition) is 3. The second-order valence-corrected chi connectivity index (χ2v) is 4.64. The van der Waals surface area contributed by atoms with Crippen molar-refractivity contribution in [2.75, 3.05) is 11.1 Å². The number of rotatable bonds is 6. The molecular weight excluding hydrogens is 270 g/mol. The van der Waals surface area contributed by atoms with Crippen molar-refractivity contribution in [2.24, 2.45) is 5.73 Å². The Morgan fingerprint density at radius 1 is 1.29 bits per heavy atom. The van der Waals surface area contributed by atoms with Gasteiger partial charge in [0.2, 0.25) is 11.8 Å². The summed E-state index contributed by atoms with van der Waals surface area (Å²) in [6, 6.07) is 7.44. The predicted octanol–water partition coefficient (Wildman–Crippen LogP) is 0.522. The van der Waals surface area contributed by atoms with Gasteiger partial charge >= 0.3 is 0 Å². The van der Waals surface area contributed by atoms with E-state index in [1.165, 1.54) is 10.9 Å². The van der Waals surface area contributed by atoms with E-state index in [0.717, 1.165) is 5.56 Å². The zero-order chi connectivity index (χ0) is 15.2. The molecule has 2 rings (SSSR count). The fourth-order valence-corrected chi connectivity index (χ4v) is 1.91. The Labute approximate surface area is 121 Å². The van der Waals surface area contributed by atoms with Crippen LogP contribution in [-0.4, -0.2) is 21.6 Å². The molecule has 5 N–H and O–H groups in total. The van der Waals surface area contributed by atoms with Gasteiger partial charge in [0, 0.05) is 18.3 Å². The van der Waals surface area contributed by atoms with Crippen LogP contribution in [0.1, 0.15) is 12.0 Å². The molecule has 0 aliphatic carbocycles. The molecule has 7 nitrogen and oxygen atoms in total. The van der Waals surface area contributed by atoms with E-state index in [9.17, 15) is 9.59 Å². The largest absolute Gasteiger partial charge is 0.399 e. The number of aryl methyl sites for hydroxylation is 1. The number of nitrogens with one attached hydrogen (secondary N) is 1. The molecule has 0 spiro atoms. The number of nitrogens with two attached hydrogens (primary N) is 2. The van der Waals surface area contributed by atoms with E-state index in [-0.39, 0.29) is 12.5 Å². The van der Waals surface area contributed by atoms with Crippen LogP contribution in [0.15, 0.2) is 36.7 Å². The predicted molar refractivity (Wildman–Crippen MR) is 79.2 cm³/mol. The smallest absolute Gasteiger partial charge is 0.239 e. The van der Waals surface area contributed by atoms with Crippen LogP contribution in [0.5, 0.6) is 0 Å². The third-order valence-corrected chi connectivity index (χ3v) is 2.91. The number of para-hydroxylation sites is 1. The molecule has 0 saturated carbocycles. The molecule has 0 aliphatic rings. The van der Waals surface area contributed by atoms with Crippen molar-refractivity contribution in [3.63, 3.8) is 0 Å². The van der Waals surface area contributed by atoms with E-state index in [1.54, 1.807) is 12.3 Å². The Bertz CT molecular complexity index is 650. The lowest BCUT2D eigenvalue weighted by Crippen LogP contribution is -2.18. The van der Waals surface area contributed by atoms with Crippen LogP contribution in [0.3, 0.4) is 0 Å². The fourth-order valence-electron chi connectivity index (χ4n) is 1.91. The van der Waals surface area contributed by atoms with Gasteiger partial charge in [-0.25, -0.2) is 0 Å². The van der Waals surface area contributed by atoms with Gasteiger partial charge in [0.1, 0.15) is 6.54 Å². The first-order valence-corrected chi connectivity index (χ1v) is 6.48. The van der Waals surface area contributed by atoms with Gasteiger partial charge in [-0.15, -0.1) is 0 Å². The minimum absolute atomic E-state index is 0.0174. The number of nitrogens with zero attached hydrogens (tertiary/aromatic N) is 2. The Morgan fingerprint density at radius 2 is 2.05 bits per heavy atom. The summed E-state index contributed by atoms with van der Waals surface area (Å²) in [5.74, 6) is -0.632. The Hall–Kier alpha value is -2.83. The van der Waals surface area contributed by atoms with Gasteiger partial charge in [-0.05, 0) is 18.1 Å². The zero-order valence-electron chi connectivity index (χ0n) is 11.5. The Morgan fingerprint density at radius 3 is 2.76 bits per heavy atom. The highest BCUT2D eigenvalue weighted by atomic mass is 16.2. The number of nitrogen functional groups attached to an aromatic ring is 1. The number of anilines is 2. The topological polar surface area (TPSA) is 116 Å². The van der Waals surface area contributed by atoms with Gasteiger partial charge in [0.15, 0.2) is 0 Å². The van der Waals surface area contributed by atoms with Crippen molar-refractivity contribution in [1.29, 1.82) is 0 Å². The Balaban J connectivity index is 1.86. The van der Waals surface area contributed by atoms with Gasteiger partial charge < -0.3 is 16.8 Å². The first kappa shape index (κ1) is 14.6. The van der Waals surface area contributed by atoms with E-state index in [0.29, 0.717) is 24.2 Å². The summed E-state index contributed by atoms with van der Waals surface area (Å²) < 4.78 is 1.37. The van der Waals surface area contributed by atoms with Crippen molar-refractivity contribution in [2.45, 2.75) is 19.4 Å². The Kier molecular flexibility index (Phi) is 4.55. The molecule has 1 aromatic carbocycles. The molecule has 2 aromatic rings. The van der Waals surface area contributed by atoms with Crippen molar-refractivity contribution in [3.05, 3.63) is 42.2 Å². The molecule has 21 heavy (non-hydrogen) atoms. The lowest BCUT2D eigenvalue weighted by Gasteiger charge is -2.05. The third-order valence-electron chi connectivity index (χ3n) is 2.91. The number of amides is 2. The van der Waals surface area contributed by atoms with E-state index in [2.05, 4.69) is 10.4 Å². The van der Waals surface area contributed by atoms with Crippen molar-refractivity contribution < 1.29 is 9.59 Å². The maximum absolute atomic E-state index is 11.8. The average Bonchev–Trinajstić information content (AvgIpc) is 2.84. The van der Waals surface area contributed by atoms with Crippen LogP contribution < -0.4 is 16.8 Å². The van der Waals surface area contributed by atoms with Crippen molar-refractivity contribution >= 4 is 23.2 Å². The number of carbonyl (C=O) groups excluding carboxylic acids is 2. The molecule has 0 unspecified atom stereocenters. The minimum Gasteiger partial charge on any atom is -0.399 e. The molecule has 0 bridgehead atoms. The quantitative estimate of drug-likeness (QED) is 0.671. The first-order valence-electron chi connectivity index (χ1n) is 6.48. The molecule has 110 valence electrons. The van der Waals surface area contributed by atoms with Gasteiger partial charge in [-0.3, -0.25) is 14.3 Å². The molecule has 1 aromatic heterocycles. The third kappa shape index (κ3) is 4.34. The van der Waals surface area contributed by atoms with Crippen molar-refractivity contribution in [1.82, 2.24) is 9.78 Å². The van der Waals surface area contributed by atoms with Crippen LogP contribution in [0, 0.1) is 0 Å². The van der Waals surface area contributed by atoms with Crippen LogP contribution in [0.2, 0.25) is 0 Å². The summed E-state index contributed by atoms with van der Waals surface area (Å²) in [5.41, 5.74) is 13.0. The van der Waals surface area contributed by atoms with E-state index in [1.807, 2.05) is 18.2 Å². The zero-order valence-corrected chi connectivity index (χ0v) is 11.5. The normalized spacial score (nSPS) is 10.3. The summed E-state index contributed by atoms with van der Waals surface area (Å²) in [6.07, 6.45) is 3.90. The summed E-state index contributed by atoms with van der Waals surface area (Å²) in [4.78, 5) is 22.6. The van der Waals surface area contributed by atoms with Gasteiger partial charge in [0.05, 0.1) is 11.9 Å². The molecule has 0 aliphatic heterocycles. The second kappa shape index (κ2) is 6.56.